The summed E-state index contributed by atoms with van der Waals surface area (Å²) in [7, 11) is 1.70. The molecule has 0 aliphatic carbocycles. The first-order valence-corrected chi connectivity index (χ1v) is 6.33. The van der Waals surface area contributed by atoms with Crippen molar-refractivity contribution in [2.45, 2.75) is 13.0 Å². The Morgan fingerprint density at radius 3 is 2.90 bits per heavy atom. The van der Waals surface area contributed by atoms with Gasteiger partial charge in [0.15, 0.2) is 11.5 Å². The fraction of sp³-hybridized carbons (Fsp3) is 0.364. The van der Waals surface area contributed by atoms with Crippen LogP contribution in [0.5, 0.6) is 0 Å². The summed E-state index contributed by atoms with van der Waals surface area (Å²) in [6.07, 6.45) is 3.36. The van der Waals surface area contributed by atoms with E-state index in [2.05, 4.69) is 15.0 Å². The third kappa shape index (κ3) is 2.99. The molecule has 9 heteroatoms. The summed E-state index contributed by atoms with van der Waals surface area (Å²) in [6, 6.07) is 0. The number of likely N-dealkylation sites (N-methyl/N-ethyl adjacent to an activating group) is 1. The van der Waals surface area contributed by atoms with Gasteiger partial charge in [0, 0.05) is 20.0 Å². The first-order chi connectivity index (χ1) is 9.49. The lowest BCUT2D eigenvalue weighted by Gasteiger charge is -2.17. The van der Waals surface area contributed by atoms with Gasteiger partial charge in [0.1, 0.15) is 18.4 Å². The number of thiocarbonyl (C=S) groups is 1. The Morgan fingerprint density at radius 1 is 1.45 bits per heavy atom. The molecule has 0 aliphatic heterocycles. The number of carbonyl (C=O) groups excluding carboxylic acids is 1. The van der Waals surface area contributed by atoms with Crippen LogP contribution in [0.15, 0.2) is 12.7 Å². The molecule has 0 aromatic carbocycles. The Bertz CT molecular complexity index is 653. The largest absolute Gasteiger partial charge is 0.393 e. The molecule has 20 heavy (non-hydrogen) atoms. The topological polar surface area (TPSA) is 116 Å². The molecule has 0 spiro atoms. The van der Waals surface area contributed by atoms with Crippen LogP contribution in [0.4, 0.5) is 5.82 Å². The molecule has 2 aromatic heterocycles. The number of rotatable bonds is 5. The van der Waals surface area contributed by atoms with E-state index in [1.165, 1.54) is 12.7 Å². The lowest BCUT2D eigenvalue weighted by molar-refractivity contribution is -0.130. The maximum atomic E-state index is 12.1. The summed E-state index contributed by atoms with van der Waals surface area (Å²) in [5.41, 5.74) is 12.1. The van der Waals surface area contributed by atoms with Crippen molar-refractivity contribution in [2.24, 2.45) is 5.73 Å². The summed E-state index contributed by atoms with van der Waals surface area (Å²) < 4.78 is 1.63. The molecule has 0 fully saturated rings. The van der Waals surface area contributed by atoms with Gasteiger partial charge in [-0.05, 0) is 0 Å². The highest BCUT2D eigenvalue weighted by Gasteiger charge is 2.13. The van der Waals surface area contributed by atoms with Gasteiger partial charge in [-0.15, -0.1) is 0 Å². The first-order valence-electron chi connectivity index (χ1n) is 5.92. The number of nitrogens with zero attached hydrogens (tertiary/aromatic N) is 5. The molecular weight excluding hydrogens is 278 g/mol. The van der Waals surface area contributed by atoms with Gasteiger partial charge < -0.3 is 20.9 Å². The Labute approximate surface area is 120 Å². The van der Waals surface area contributed by atoms with Crippen molar-refractivity contribution in [1.82, 2.24) is 24.4 Å². The SMILES string of the molecule is CN(CCC(N)=S)C(=O)Cn1cnc2c(N)ncnc21. The summed E-state index contributed by atoms with van der Waals surface area (Å²) in [4.78, 5) is 26.1. The molecule has 2 aromatic rings. The van der Waals surface area contributed by atoms with Crippen LogP contribution in [0.2, 0.25) is 0 Å². The Kier molecular flexibility index (Phi) is 4.08. The van der Waals surface area contributed by atoms with Crippen LogP contribution >= 0.6 is 12.2 Å². The van der Waals surface area contributed by atoms with E-state index in [4.69, 9.17) is 23.7 Å². The van der Waals surface area contributed by atoms with Gasteiger partial charge in [0.05, 0.1) is 11.3 Å². The molecule has 0 saturated carbocycles. The molecule has 0 saturated heterocycles. The summed E-state index contributed by atoms with van der Waals surface area (Å²) in [6.45, 7) is 0.610. The van der Waals surface area contributed by atoms with Gasteiger partial charge in [0.25, 0.3) is 0 Å². The summed E-state index contributed by atoms with van der Waals surface area (Å²) in [5, 5.41) is 0. The van der Waals surface area contributed by atoms with Gasteiger partial charge in [-0.3, -0.25) is 4.79 Å². The molecule has 2 heterocycles. The van der Waals surface area contributed by atoms with Crippen LogP contribution in [0.1, 0.15) is 6.42 Å². The summed E-state index contributed by atoms with van der Waals surface area (Å²) >= 11 is 4.79. The maximum absolute atomic E-state index is 12.1. The molecule has 0 radical (unpaired) electrons. The molecule has 0 bridgehead atoms. The number of nitrogen functional groups attached to an aromatic ring is 1. The van der Waals surface area contributed by atoms with Crippen LogP contribution in [0, 0.1) is 0 Å². The molecule has 4 N–H and O–H groups in total. The Morgan fingerprint density at radius 2 is 2.20 bits per heavy atom. The number of carbonyl (C=O) groups is 1. The van der Waals surface area contributed by atoms with Gasteiger partial charge in [-0.1, -0.05) is 12.2 Å². The molecule has 0 unspecified atom stereocenters. The fourth-order valence-electron chi connectivity index (χ4n) is 1.68. The van der Waals surface area contributed by atoms with Crippen molar-refractivity contribution in [3.8, 4) is 0 Å². The quantitative estimate of drug-likeness (QED) is 0.717. The number of aromatic nitrogens is 4. The van der Waals surface area contributed by atoms with E-state index in [9.17, 15) is 4.79 Å². The number of hydrogen-bond acceptors (Lipinski definition) is 6. The molecule has 1 amide bonds. The van der Waals surface area contributed by atoms with E-state index in [1.54, 1.807) is 16.5 Å². The average Bonchev–Trinajstić information content (AvgIpc) is 2.80. The molecule has 2 rings (SSSR count). The van der Waals surface area contributed by atoms with Gasteiger partial charge in [0.2, 0.25) is 5.91 Å². The van der Waals surface area contributed by atoms with Crippen molar-refractivity contribution in [2.75, 3.05) is 19.3 Å². The minimum atomic E-state index is -0.0854. The van der Waals surface area contributed by atoms with E-state index in [1.807, 2.05) is 0 Å². The number of amides is 1. The fourth-order valence-corrected chi connectivity index (χ4v) is 1.77. The van der Waals surface area contributed by atoms with Crippen LogP contribution in [0.3, 0.4) is 0 Å². The van der Waals surface area contributed by atoms with Crippen molar-refractivity contribution in [1.29, 1.82) is 0 Å². The smallest absolute Gasteiger partial charge is 0.242 e. The Hall–Kier alpha value is -2.29. The van der Waals surface area contributed by atoms with Crippen LogP contribution < -0.4 is 11.5 Å². The molecule has 106 valence electrons. The lowest BCUT2D eigenvalue weighted by atomic mass is 10.4. The van der Waals surface area contributed by atoms with Crippen molar-refractivity contribution in [3.63, 3.8) is 0 Å². The van der Waals surface area contributed by atoms with Crippen molar-refractivity contribution < 1.29 is 4.79 Å². The number of hydrogen-bond donors (Lipinski definition) is 2. The standard InChI is InChI=1S/C11H15N7OS/c1-17(3-2-7(12)20)8(19)4-18-6-16-9-10(13)14-5-15-11(9)18/h5-6H,2-4H2,1H3,(H2,12,20)(H2,13,14,15). The molecule has 0 atom stereocenters. The highest BCUT2D eigenvalue weighted by molar-refractivity contribution is 7.80. The van der Waals surface area contributed by atoms with Gasteiger partial charge in [-0.2, -0.15) is 0 Å². The second-order valence-electron chi connectivity index (χ2n) is 4.34. The minimum Gasteiger partial charge on any atom is -0.393 e. The van der Waals surface area contributed by atoms with Gasteiger partial charge >= 0.3 is 0 Å². The van der Waals surface area contributed by atoms with Crippen LogP contribution in [-0.4, -0.2) is 48.9 Å². The van der Waals surface area contributed by atoms with E-state index in [0.717, 1.165) is 0 Å². The van der Waals surface area contributed by atoms with E-state index < -0.39 is 0 Å². The number of fused-ring (bicyclic) bond motifs is 1. The second kappa shape index (κ2) is 5.78. The predicted octanol–water partition coefficient (Wildman–Crippen LogP) is -0.457. The van der Waals surface area contributed by atoms with Gasteiger partial charge in [-0.25, -0.2) is 15.0 Å². The number of nitrogens with two attached hydrogens (primary N) is 2. The minimum absolute atomic E-state index is 0.0854. The zero-order valence-electron chi connectivity index (χ0n) is 11.0. The first kappa shape index (κ1) is 14.1. The van der Waals surface area contributed by atoms with Crippen LogP contribution in [0.25, 0.3) is 11.2 Å². The van der Waals surface area contributed by atoms with Crippen molar-refractivity contribution in [3.05, 3.63) is 12.7 Å². The molecule has 8 nitrogen and oxygen atoms in total. The number of imidazole rings is 1. The Balaban J connectivity index is 2.10. The zero-order chi connectivity index (χ0) is 14.7. The molecule has 0 aliphatic rings. The third-order valence-corrected chi connectivity index (χ3v) is 3.06. The zero-order valence-corrected chi connectivity index (χ0v) is 11.8. The molecular formula is C11H15N7OS. The maximum Gasteiger partial charge on any atom is 0.242 e. The highest BCUT2D eigenvalue weighted by Crippen LogP contribution is 2.14. The second-order valence-corrected chi connectivity index (χ2v) is 4.86. The van der Waals surface area contributed by atoms with E-state index in [0.29, 0.717) is 34.9 Å². The number of anilines is 1. The van der Waals surface area contributed by atoms with E-state index in [-0.39, 0.29) is 12.5 Å². The normalized spacial score (nSPS) is 10.7. The lowest BCUT2D eigenvalue weighted by Crippen LogP contribution is -2.32. The van der Waals surface area contributed by atoms with Crippen molar-refractivity contribution >= 4 is 40.1 Å². The predicted molar refractivity (Wildman–Crippen MR) is 78.8 cm³/mol. The average molecular weight is 293 g/mol. The highest BCUT2D eigenvalue weighted by atomic mass is 32.1. The summed E-state index contributed by atoms with van der Waals surface area (Å²) in [5.74, 6) is 0.209. The van der Waals surface area contributed by atoms with E-state index >= 15 is 0 Å². The third-order valence-electron chi connectivity index (χ3n) is 2.85. The monoisotopic (exact) mass is 293 g/mol. The van der Waals surface area contributed by atoms with Crippen LogP contribution in [-0.2, 0) is 11.3 Å².